The topological polar surface area (TPSA) is 52.6 Å². The van der Waals surface area contributed by atoms with E-state index < -0.39 is 5.60 Å². The molecule has 0 spiro atoms. The Kier molecular flexibility index (Phi) is 3.93. The maximum Gasteiger partial charge on any atom is 0.280 e. The number of aliphatic hydroxyl groups is 1. The van der Waals surface area contributed by atoms with Crippen LogP contribution in [0.15, 0.2) is 0 Å². The predicted octanol–water partition coefficient (Wildman–Crippen LogP) is 0.588. The molecule has 0 unspecified atom stereocenters. The number of carbonyl (C=O) groups excluding carboxylic acids is 1. The van der Waals surface area contributed by atoms with Crippen molar-refractivity contribution in [2.75, 3.05) is 26.7 Å². The van der Waals surface area contributed by atoms with E-state index in [1.165, 1.54) is 0 Å². The molecule has 0 atom stereocenters. The maximum absolute atomic E-state index is 10.6. The summed E-state index contributed by atoms with van der Waals surface area (Å²) in [7, 11) is 2.04. The molecular formula is C8H15IN2O2. The van der Waals surface area contributed by atoms with Crippen molar-refractivity contribution in [3.05, 3.63) is 0 Å². The minimum atomic E-state index is -0.687. The number of halogens is 1. The van der Waals surface area contributed by atoms with Gasteiger partial charge in [0, 0.05) is 42.2 Å². The first-order chi connectivity index (χ1) is 6.02. The molecule has 1 amide bonds. The van der Waals surface area contributed by atoms with E-state index in [1.54, 1.807) is 22.6 Å². The molecule has 0 aromatic carbocycles. The first-order valence-corrected chi connectivity index (χ1v) is 5.44. The summed E-state index contributed by atoms with van der Waals surface area (Å²) < 4.78 is -0.107. The fourth-order valence-corrected chi connectivity index (χ4v) is 1.64. The van der Waals surface area contributed by atoms with Crippen LogP contribution >= 0.6 is 22.6 Å². The highest BCUT2D eigenvalue weighted by atomic mass is 127. The molecule has 13 heavy (non-hydrogen) atoms. The molecule has 1 heterocycles. The van der Waals surface area contributed by atoms with Crippen LogP contribution < -0.4 is 5.32 Å². The Morgan fingerprint density at radius 1 is 1.62 bits per heavy atom. The standard InChI is InChI=1S/C8H15IN2O2/c1-11-4-2-8(13,3-5-11)6-10-7(9)12/h13H,2-6H2,1H3,(H,10,12). The molecule has 0 aromatic heterocycles. The minimum Gasteiger partial charge on any atom is -0.388 e. The van der Waals surface area contributed by atoms with Crippen molar-refractivity contribution in [2.24, 2.45) is 0 Å². The molecule has 0 aromatic rings. The molecule has 1 aliphatic rings. The first-order valence-electron chi connectivity index (χ1n) is 4.36. The van der Waals surface area contributed by atoms with Gasteiger partial charge in [-0.15, -0.1) is 0 Å². The van der Waals surface area contributed by atoms with Crippen LogP contribution in [0.2, 0.25) is 0 Å². The second-order valence-corrected chi connectivity index (χ2v) is 4.63. The normalized spacial score (nSPS) is 22.7. The van der Waals surface area contributed by atoms with E-state index in [4.69, 9.17) is 0 Å². The number of nitrogens with one attached hydrogen (secondary N) is 1. The van der Waals surface area contributed by atoms with Crippen molar-refractivity contribution >= 4 is 26.5 Å². The highest BCUT2D eigenvalue weighted by molar-refractivity contribution is 14.1. The molecule has 0 radical (unpaired) electrons. The van der Waals surface area contributed by atoms with Gasteiger partial charge >= 0.3 is 0 Å². The van der Waals surface area contributed by atoms with E-state index in [0.29, 0.717) is 6.54 Å². The Hall–Kier alpha value is 0.120. The maximum atomic E-state index is 10.6. The lowest BCUT2D eigenvalue weighted by atomic mass is 9.92. The van der Waals surface area contributed by atoms with E-state index in [1.807, 2.05) is 7.05 Å². The van der Waals surface area contributed by atoms with Crippen LogP contribution in [-0.4, -0.2) is 46.2 Å². The molecule has 4 nitrogen and oxygen atoms in total. The molecule has 0 bridgehead atoms. The molecular weight excluding hydrogens is 283 g/mol. The van der Waals surface area contributed by atoms with Crippen LogP contribution in [0.4, 0.5) is 4.79 Å². The van der Waals surface area contributed by atoms with Crippen LogP contribution in [0.1, 0.15) is 12.8 Å². The first kappa shape index (κ1) is 11.2. The molecule has 0 saturated carbocycles. The van der Waals surface area contributed by atoms with Crippen LogP contribution in [0.5, 0.6) is 0 Å². The van der Waals surface area contributed by atoms with Gasteiger partial charge in [0.1, 0.15) is 0 Å². The Balaban J connectivity index is 2.34. The molecule has 5 heteroatoms. The minimum absolute atomic E-state index is 0.107. The molecule has 1 aliphatic heterocycles. The third kappa shape index (κ3) is 3.78. The lowest BCUT2D eigenvalue weighted by molar-refractivity contribution is -0.0116. The number of likely N-dealkylation sites (tertiary alicyclic amines) is 1. The highest BCUT2D eigenvalue weighted by Crippen LogP contribution is 2.20. The fraction of sp³-hybridized carbons (Fsp3) is 0.875. The van der Waals surface area contributed by atoms with Crippen molar-refractivity contribution in [1.29, 1.82) is 0 Å². The second-order valence-electron chi connectivity index (χ2n) is 3.65. The van der Waals surface area contributed by atoms with Gasteiger partial charge in [0.15, 0.2) is 0 Å². The fourth-order valence-electron chi connectivity index (χ4n) is 1.45. The van der Waals surface area contributed by atoms with Gasteiger partial charge in [-0.3, -0.25) is 4.79 Å². The van der Waals surface area contributed by atoms with E-state index in [2.05, 4.69) is 10.2 Å². The van der Waals surface area contributed by atoms with Crippen molar-refractivity contribution in [1.82, 2.24) is 10.2 Å². The van der Waals surface area contributed by atoms with Gasteiger partial charge in [-0.2, -0.15) is 0 Å². The zero-order valence-electron chi connectivity index (χ0n) is 7.72. The number of nitrogens with zero attached hydrogens (tertiary/aromatic N) is 1. The van der Waals surface area contributed by atoms with Gasteiger partial charge in [0.05, 0.1) is 5.60 Å². The average Bonchev–Trinajstić information content (AvgIpc) is 2.08. The van der Waals surface area contributed by atoms with Gasteiger partial charge in [-0.05, 0) is 19.9 Å². The van der Waals surface area contributed by atoms with E-state index in [9.17, 15) is 9.90 Å². The quantitative estimate of drug-likeness (QED) is 0.446. The lowest BCUT2D eigenvalue weighted by Crippen LogP contribution is -2.49. The summed E-state index contributed by atoms with van der Waals surface area (Å²) >= 11 is 1.68. The number of rotatable bonds is 2. The molecule has 76 valence electrons. The summed E-state index contributed by atoms with van der Waals surface area (Å²) in [4.78, 5) is 12.8. The summed E-state index contributed by atoms with van der Waals surface area (Å²) in [5.74, 6) is 0. The van der Waals surface area contributed by atoms with Gasteiger partial charge in [0.25, 0.3) is 3.91 Å². The third-order valence-corrected chi connectivity index (χ3v) is 2.86. The van der Waals surface area contributed by atoms with Crippen LogP contribution in [-0.2, 0) is 0 Å². The number of amides is 1. The molecule has 0 aliphatic carbocycles. The number of hydrogen-bond acceptors (Lipinski definition) is 3. The predicted molar refractivity (Wildman–Crippen MR) is 59.1 cm³/mol. The van der Waals surface area contributed by atoms with Crippen LogP contribution in [0.25, 0.3) is 0 Å². The highest BCUT2D eigenvalue weighted by Gasteiger charge is 2.30. The van der Waals surface area contributed by atoms with Crippen molar-refractivity contribution in [3.8, 4) is 0 Å². The number of carbonyl (C=O) groups is 1. The van der Waals surface area contributed by atoms with E-state index >= 15 is 0 Å². The van der Waals surface area contributed by atoms with Crippen LogP contribution in [0, 0.1) is 0 Å². The summed E-state index contributed by atoms with van der Waals surface area (Å²) in [5.41, 5.74) is -0.687. The SMILES string of the molecule is CN1CCC(O)(CNC(=O)I)CC1. The monoisotopic (exact) mass is 298 g/mol. The number of hydrogen-bond donors (Lipinski definition) is 2. The zero-order chi connectivity index (χ0) is 9.90. The molecule has 1 fully saturated rings. The van der Waals surface area contributed by atoms with E-state index in [-0.39, 0.29) is 3.91 Å². The van der Waals surface area contributed by atoms with Gasteiger partial charge in [-0.25, -0.2) is 0 Å². The number of piperidine rings is 1. The Morgan fingerprint density at radius 2 is 2.15 bits per heavy atom. The van der Waals surface area contributed by atoms with Crippen molar-refractivity contribution in [2.45, 2.75) is 18.4 Å². The van der Waals surface area contributed by atoms with Crippen molar-refractivity contribution < 1.29 is 9.90 Å². The van der Waals surface area contributed by atoms with Crippen LogP contribution in [0.3, 0.4) is 0 Å². The Labute approximate surface area is 91.8 Å². The van der Waals surface area contributed by atoms with E-state index in [0.717, 1.165) is 25.9 Å². The smallest absolute Gasteiger partial charge is 0.280 e. The largest absolute Gasteiger partial charge is 0.388 e. The molecule has 2 N–H and O–H groups in total. The van der Waals surface area contributed by atoms with Crippen molar-refractivity contribution in [3.63, 3.8) is 0 Å². The van der Waals surface area contributed by atoms with Gasteiger partial charge in [-0.1, -0.05) is 0 Å². The summed E-state index contributed by atoms with van der Waals surface area (Å²) in [6.45, 7) is 2.17. The van der Waals surface area contributed by atoms with Gasteiger partial charge in [0.2, 0.25) is 0 Å². The average molecular weight is 298 g/mol. The van der Waals surface area contributed by atoms with Gasteiger partial charge < -0.3 is 15.3 Å². The zero-order valence-corrected chi connectivity index (χ0v) is 9.87. The molecule has 1 saturated heterocycles. The Morgan fingerprint density at radius 3 is 2.62 bits per heavy atom. The second kappa shape index (κ2) is 4.56. The summed E-state index contributed by atoms with van der Waals surface area (Å²) in [6, 6.07) is 0. The third-order valence-electron chi connectivity index (χ3n) is 2.47. The molecule has 1 rings (SSSR count). The summed E-state index contributed by atoms with van der Waals surface area (Å²) in [6.07, 6.45) is 1.47. The lowest BCUT2D eigenvalue weighted by Gasteiger charge is -2.36. The Bertz CT molecular complexity index is 191. The summed E-state index contributed by atoms with van der Waals surface area (Å²) in [5, 5.41) is 12.6.